The first-order chi connectivity index (χ1) is 15.6. The molecule has 4 rings (SSSR count). The Bertz CT molecular complexity index is 1180. The maximum Gasteiger partial charge on any atom is 0.196 e. The molecule has 4 aromatic rings. The molecule has 0 radical (unpaired) electrons. The lowest BCUT2D eigenvalue weighted by atomic mass is 10.2. The molecule has 1 aromatic heterocycles. The van der Waals surface area contributed by atoms with E-state index in [-0.39, 0.29) is 18.1 Å². The summed E-state index contributed by atoms with van der Waals surface area (Å²) in [6, 6.07) is 24.5. The van der Waals surface area contributed by atoms with Crippen LogP contribution < -0.4 is 9.47 Å². The van der Waals surface area contributed by atoms with Gasteiger partial charge in [-0.15, -0.1) is 10.2 Å². The summed E-state index contributed by atoms with van der Waals surface area (Å²) in [6.07, 6.45) is 0. The van der Waals surface area contributed by atoms with E-state index in [0.29, 0.717) is 22.3 Å². The number of Topliss-reactive ketones (excluding diaryl/α,β-unsaturated/α-hetero) is 1. The van der Waals surface area contributed by atoms with Crippen molar-refractivity contribution in [2.45, 2.75) is 11.8 Å². The van der Waals surface area contributed by atoms with Crippen molar-refractivity contribution < 1.29 is 14.3 Å². The lowest BCUT2D eigenvalue weighted by Crippen LogP contribution is -2.08. The van der Waals surface area contributed by atoms with E-state index in [9.17, 15) is 4.79 Å². The van der Waals surface area contributed by atoms with Gasteiger partial charge in [-0.2, -0.15) is 0 Å². The Morgan fingerprint density at radius 3 is 2.31 bits per heavy atom. The number of hydrogen-bond acceptors (Lipinski definition) is 6. The van der Waals surface area contributed by atoms with Gasteiger partial charge in [-0.05, 0) is 48.5 Å². The normalized spacial score (nSPS) is 10.7. The minimum absolute atomic E-state index is 0.0288. The highest BCUT2D eigenvalue weighted by Gasteiger charge is 2.17. The molecule has 0 aliphatic rings. The molecule has 0 atom stereocenters. The van der Waals surface area contributed by atoms with Gasteiger partial charge < -0.3 is 9.47 Å². The summed E-state index contributed by atoms with van der Waals surface area (Å²) < 4.78 is 14.0. The van der Waals surface area contributed by atoms with Crippen molar-refractivity contribution in [3.05, 3.63) is 94.7 Å². The van der Waals surface area contributed by atoms with Crippen molar-refractivity contribution >= 4 is 33.5 Å². The van der Waals surface area contributed by atoms with Gasteiger partial charge in [0.15, 0.2) is 16.8 Å². The smallest absolute Gasteiger partial charge is 0.196 e. The third-order valence-electron chi connectivity index (χ3n) is 4.64. The number of benzene rings is 3. The molecular formula is C24H20BrN3O3S. The molecule has 6 nitrogen and oxygen atoms in total. The standard InChI is InChI=1S/C24H20BrN3O3S/c1-30-20-11-13-21(14-12-20)31-15-23-26-27-24(28(23)19-5-3-2-4-6-19)32-16-22(29)17-7-9-18(25)10-8-17/h2-14H,15-16H2,1H3. The lowest BCUT2D eigenvalue weighted by Gasteiger charge is -2.11. The van der Waals surface area contributed by atoms with Crippen molar-refractivity contribution in [1.82, 2.24) is 14.8 Å². The van der Waals surface area contributed by atoms with Crippen LogP contribution in [0.15, 0.2) is 88.5 Å². The van der Waals surface area contributed by atoms with Crippen LogP contribution in [0.1, 0.15) is 16.2 Å². The molecule has 1 heterocycles. The number of aromatic nitrogens is 3. The number of halogens is 1. The predicted molar refractivity (Wildman–Crippen MR) is 128 cm³/mol. The topological polar surface area (TPSA) is 66.2 Å². The van der Waals surface area contributed by atoms with Gasteiger partial charge in [-0.1, -0.05) is 58.0 Å². The maximum absolute atomic E-state index is 12.6. The fraction of sp³-hybridized carbons (Fsp3) is 0.125. The molecule has 0 amide bonds. The zero-order valence-electron chi connectivity index (χ0n) is 17.3. The molecule has 162 valence electrons. The van der Waals surface area contributed by atoms with Gasteiger partial charge in [0.1, 0.15) is 18.1 Å². The first-order valence-corrected chi connectivity index (χ1v) is 11.6. The second-order valence-electron chi connectivity index (χ2n) is 6.75. The zero-order chi connectivity index (χ0) is 22.3. The van der Waals surface area contributed by atoms with E-state index < -0.39 is 0 Å². The largest absolute Gasteiger partial charge is 0.497 e. The zero-order valence-corrected chi connectivity index (χ0v) is 19.7. The summed E-state index contributed by atoms with van der Waals surface area (Å²) in [5, 5.41) is 9.29. The van der Waals surface area contributed by atoms with E-state index in [1.807, 2.05) is 83.4 Å². The molecule has 0 N–H and O–H groups in total. The molecule has 0 bridgehead atoms. The quantitative estimate of drug-likeness (QED) is 0.216. The molecule has 32 heavy (non-hydrogen) atoms. The molecule has 0 aliphatic carbocycles. The lowest BCUT2D eigenvalue weighted by molar-refractivity contribution is 0.102. The number of para-hydroxylation sites is 1. The maximum atomic E-state index is 12.6. The molecule has 8 heteroatoms. The highest BCUT2D eigenvalue weighted by Crippen LogP contribution is 2.25. The number of ether oxygens (including phenoxy) is 2. The van der Waals surface area contributed by atoms with Crippen LogP contribution in [0.4, 0.5) is 0 Å². The number of thioether (sulfide) groups is 1. The van der Waals surface area contributed by atoms with Crippen LogP contribution in [-0.4, -0.2) is 33.4 Å². The summed E-state index contributed by atoms with van der Waals surface area (Å²) in [7, 11) is 1.62. The van der Waals surface area contributed by atoms with Gasteiger partial charge in [0, 0.05) is 15.7 Å². The molecule has 0 unspecified atom stereocenters. The Hall–Kier alpha value is -3.10. The second kappa shape index (κ2) is 10.5. The summed E-state index contributed by atoms with van der Waals surface area (Å²) in [5.41, 5.74) is 1.57. The van der Waals surface area contributed by atoms with Gasteiger partial charge in [0.25, 0.3) is 0 Å². The monoisotopic (exact) mass is 509 g/mol. The Morgan fingerprint density at radius 2 is 1.62 bits per heavy atom. The van der Waals surface area contributed by atoms with Gasteiger partial charge >= 0.3 is 0 Å². The average molecular weight is 510 g/mol. The van der Waals surface area contributed by atoms with Crippen molar-refractivity contribution in [3.63, 3.8) is 0 Å². The highest BCUT2D eigenvalue weighted by atomic mass is 79.9. The molecule has 0 aliphatic heterocycles. The summed E-state index contributed by atoms with van der Waals surface area (Å²) in [6.45, 7) is 0.232. The second-order valence-corrected chi connectivity index (χ2v) is 8.61. The highest BCUT2D eigenvalue weighted by molar-refractivity contribution is 9.10. The van der Waals surface area contributed by atoms with E-state index in [1.165, 1.54) is 11.8 Å². The van der Waals surface area contributed by atoms with Gasteiger partial charge in [-0.3, -0.25) is 9.36 Å². The van der Waals surface area contributed by atoms with Crippen LogP contribution in [0.5, 0.6) is 11.5 Å². The number of rotatable bonds is 9. The SMILES string of the molecule is COc1ccc(OCc2nnc(SCC(=O)c3ccc(Br)cc3)n2-c2ccccc2)cc1. The third kappa shape index (κ3) is 5.38. The van der Waals surface area contributed by atoms with E-state index in [0.717, 1.165) is 15.9 Å². The van der Waals surface area contributed by atoms with Gasteiger partial charge in [-0.25, -0.2) is 0 Å². The first-order valence-electron chi connectivity index (χ1n) is 9.82. The Balaban J connectivity index is 1.52. The number of nitrogens with zero attached hydrogens (tertiary/aromatic N) is 3. The molecule has 0 fully saturated rings. The summed E-state index contributed by atoms with van der Waals surface area (Å²) in [5.74, 6) is 2.39. The number of hydrogen-bond donors (Lipinski definition) is 0. The molecule has 0 saturated heterocycles. The van der Waals surface area contributed by atoms with Crippen LogP contribution in [0.3, 0.4) is 0 Å². The van der Waals surface area contributed by atoms with Crippen molar-refractivity contribution in [1.29, 1.82) is 0 Å². The van der Waals surface area contributed by atoms with Gasteiger partial charge in [0.2, 0.25) is 0 Å². The minimum Gasteiger partial charge on any atom is -0.497 e. The fourth-order valence-corrected chi connectivity index (χ4v) is 4.12. The molecule has 0 spiro atoms. The number of methoxy groups -OCH3 is 1. The van der Waals surface area contributed by atoms with Crippen molar-refractivity contribution in [3.8, 4) is 17.2 Å². The van der Waals surface area contributed by atoms with E-state index in [1.54, 1.807) is 7.11 Å². The van der Waals surface area contributed by atoms with Gasteiger partial charge in [0.05, 0.1) is 12.9 Å². The van der Waals surface area contributed by atoms with Crippen molar-refractivity contribution in [2.24, 2.45) is 0 Å². The van der Waals surface area contributed by atoms with Crippen LogP contribution in [0.2, 0.25) is 0 Å². The Morgan fingerprint density at radius 1 is 0.938 bits per heavy atom. The van der Waals surface area contributed by atoms with Crippen LogP contribution in [-0.2, 0) is 6.61 Å². The van der Waals surface area contributed by atoms with E-state index in [2.05, 4.69) is 26.1 Å². The fourth-order valence-electron chi connectivity index (χ4n) is 2.99. The molecular weight excluding hydrogens is 490 g/mol. The number of carbonyl (C=O) groups is 1. The minimum atomic E-state index is 0.0288. The predicted octanol–water partition coefficient (Wildman–Crippen LogP) is 5.59. The summed E-state index contributed by atoms with van der Waals surface area (Å²) in [4.78, 5) is 12.6. The van der Waals surface area contributed by atoms with Crippen molar-refractivity contribution in [2.75, 3.05) is 12.9 Å². The third-order valence-corrected chi connectivity index (χ3v) is 6.10. The number of ketones is 1. The van der Waals surface area contributed by atoms with E-state index >= 15 is 0 Å². The van der Waals surface area contributed by atoms with Crippen LogP contribution in [0, 0.1) is 0 Å². The summed E-state index contributed by atoms with van der Waals surface area (Å²) >= 11 is 4.74. The average Bonchev–Trinajstić information content (AvgIpc) is 3.25. The van der Waals surface area contributed by atoms with E-state index in [4.69, 9.17) is 9.47 Å². The molecule has 3 aromatic carbocycles. The van der Waals surface area contributed by atoms with Crippen LogP contribution in [0.25, 0.3) is 5.69 Å². The Labute approximate surface area is 198 Å². The Kier molecular flexibility index (Phi) is 7.24. The number of carbonyl (C=O) groups excluding carboxylic acids is 1. The molecule has 0 saturated carbocycles. The first kappa shape index (κ1) is 22.1. The van der Waals surface area contributed by atoms with Crippen LogP contribution >= 0.6 is 27.7 Å².